The first kappa shape index (κ1) is 30.6. The predicted molar refractivity (Wildman–Crippen MR) is 56.2 cm³/mol. The Kier molecular flexibility index (Phi) is 11.8. The molecule has 0 unspecified atom stereocenters. The molecule has 0 fully saturated rings. The van der Waals surface area contributed by atoms with E-state index < -0.39 is 59.9 Å². The van der Waals surface area contributed by atoms with E-state index in [2.05, 4.69) is 0 Å². The van der Waals surface area contributed by atoms with Crippen LogP contribution >= 0.6 is 0 Å². The van der Waals surface area contributed by atoms with Gasteiger partial charge in [-0.1, -0.05) is 0 Å². The molecule has 0 saturated carbocycles. The van der Waals surface area contributed by atoms with Crippen molar-refractivity contribution in [3.63, 3.8) is 0 Å². The average Bonchev–Trinajstić information content (AvgIpc) is 2.34. The number of halogens is 12. The number of hydrogen-bond acceptors (Lipinski definition) is 4. The number of ketones is 2. The van der Waals surface area contributed by atoms with Crippen LogP contribution in [-0.2, 0) is 9.59 Å². The molecule has 0 aromatic heterocycles. The van der Waals surface area contributed by atoms with E-state index in [0.29, 0.717) is 0 Å². The minimum Gasteiger partial charge on any atom is -0.869 e. The minimum atomic E-state index is -5.46. The van der Waals surface area contributed by atoms with E-state index in [1.807, 2.05) is 0 Å². The summed E-state index contributed by atoms with van der Waals surface area (Å²) in [5.74, 6) is -11.3. The zero-order valence-corrected chi connectivity index (χ0v) is 14.2. The molecule has 4 nitrogen and oxygen atoms in total. The molecule has 0 N–H and O–H groups in total. The van der Waals surface area contributed by atoms with Gasteiger partial charge in [0.05, 0.1) is 0 Å². The van der Waals surface area contributed by atoms with Crippen LogP contribution in [-0.4, -0.2) is 74.0 Å². The first-order valence-electron chi connectivity index (χ1n) is 5.24. The molecule has 0 aliphatic heterocycles. The van der Waals surface area contributed by atoms with Crippen molar-refractivity contribution >= 4 is 49.3 Å². The Morgan fingerprint density at radius 1 is 0.519 bits per heavy atom. The van der Waals surface area contributed by atoms with Gasteiger partial charge in [0.2, 0.25) is 0 Å². The molecule has 0 radical (unpaired) electrons. The maximum atomic E-state index is 11.3. The molecule has 0 saturated heterocycles. The summed E-state index contributed by atoms with van der Waals surface area (Å²) in [6, 6.07) is 0. The van der Waals surface area contributed by atoms with Crippen LogP contribution in [0.2, 0.25) is 0 Å². The van der Waals surface area contributed by atoms with Gasteiger partial charge < -0.3 is 10.2 Å². The van der Waals surface area contributed by atoms with Gasteiger partial charge in [-0.3, -0.25) is 9.59 Å². The maximum absolute atomic E-state index is 11.3. The quantitative estimate of drug-likeness (QED) is 0.274. The van der Waals surface area contributed by atoms with Gasteiger partial charge in [-0.2, -0.15) is 52.7 Å². The Morgan fingerprint density at radius 2 is 0.704 bits per heavy atom. The summed E-state index contributed by atoms with van der Waals surface area (Å²) < 4.78 is 136. The zero-order valence-electron chi connectivity index (χ0n) is 12.0. The van der Waals surface area contributed by atoms with Gasteiger partial charge in [0.1, 0.15) is 0 Å². The van der Waals surface area contributed by atoms with Crippen molar-refractivity contribution in [2.45, 2.75) is 24.7 Å². The van der Waals surface area contributed by atoms with Gasteiger partial charge in [-0.25, -0.2) is 0 Å². The second-order valence-corrected chi connectivity index (χ2v) is 3.74. The fourth-order valence-corrected chi connectivity index (χ4v) is 0.565. The third-order valence-electron chi connectivity index (χ3n) is 1.64. The van der Waals surface area contributed by atoms with Gasteiger partial charge in [0.25, 0.3) is 11.6 Å². The molecule has 0 heterocycles. The molecular weight excluding hydrogens is 452 g/mol. The minimum absolute atomic E-state index is 0. The van der Waals surface area contributed by atoms with Crippen molar-refractivity contribution in [2.24, 2.45) is 0 Å². The van der Waals surface area contributed by atoms with Crippen molar-refractivity contribution in [3.05, 3.63) is 23.7 Å². The van der Waals surface area contributed by atoms with E-state index in [-0.39, 0.29) is 37.7 Å². The normalized spacial score (nSPS) is 13.9. The smallest absolute Gasteiger partial charge is 0.869 e. The Bertz CT molecular complexity index is 527. The Morgan fingerprint density at radius 3 is 0.815 bits per heavy atom. The summed E-state index contributed by atoms with van der Waals surface area (Å²) in [7, 11) is 0. The van der Waals surface area contributed by atoms with Crippen LogP contribution in [0, 0.1) is 0 Å². The van der Waals surface area contributed by atoms with Crippen LogP contribution in [0.25, 0.3) is 0 Å². The van der Waals surface area contributed by atoms with E-state index >= 15 is 0 Å². The third-order valence-corrected chi connectivity index (χ3v) is 1.64. The van der Waals surface area contributed by atoms with Crippen molar-refractivity contribution in [3.8, 4) is 0 Å². The topological polar surface area (TPSA) is 80.3 Å². The van der Waals surface area contributed by atoms with Crippen LogP contribution in [0.5, 0.6) is 0 Å². The summed E-state index contributed by atoms with van der Waals surface area (Å²) in [4.78, 5) is 19.6. The number of carbonyl (C=O) groups is 2. The number of allylic oxidation sites excluding steroid dienone is 4. The van der Waals surface area contributed by atoms with Crippen LogP contribution in [0.15, 0.2) is 23.7 Å². The predicted octanol–water partition coefficient (Wildman–Crippen LogP) is 1.47. The number of alkyl halides is 12. The van der Waals surface area contributed by atoms with Crippen LogP contribution in [0.4, 0.5) is 52.7 Å². The molecular formula is C10H2CaF12O4. The Labute approximate surface area is 170 Å². The number of carbonyl (C=O) groups excluding carboxylic acids is 2. The van der Waals surface area contributed by atoms with Gasteiger partial charge in [-0.15, -0.1) is 0 Å². The van der Waals surface area contributed by atoms with Crippen LogP contribution in [0.3, 0.4) is 0 Å². The molecule has 0 aliphatic carbocycles. The molecule has 0 rings (SSSR count). The van der Waals surface area contributed by atoms with Gasteiger partial charge >= 0.3 is 62.4 Å². The maximum Gasteiger partial charge on any atom is 2.00 e. The average molecular weight is 454 g/mol. The summed E-state index contributed by atoms with van der Waals surface area (Å²) in [6.45, 7) is 0. The van der Waals surface area contributed by atoms with Gasteiger partial charge in [-0.05, 0) is 23.7 Å². The standard InChI is InChI=1S/2C5H2F6O2.Ca/c2*6-4(7,8)2(12)1-3(13)5(9,10)11;/h2*1,12H;/q;;+2/p-2/b2-1-;;. The first-order chi connectivity index (χ1) is 11.1. The zero-order chi connectivity index (χ0) is 21.7. The molecule has 17 heteroatoms. The van der Waals surface area contributed by atoms with Crippen molar-refractivity contribution in [1.29, 1.82) is 0 Å². The van der Waals surface area contributed by atoms with E-state index in [4.69, 9.17) is 0 Å². The Hall–Kier alpha value is -1.16. The summed E-state index contributed by atoms with van der Waals surface area (Å²) in [5, 5.41) is 19.6. The SMILES string of the molecule is O=C(/C=C(\[O-])C(F)(F)F)C(F)(F)F.O=C(C=C([O-])C(F)(F)F)C(F)(F)F.[Ca+2]. The monoisotopic (exact) mass is 454 g/mol. The molecule has 0 spiro atoms. The van der Waals surface area contributed by atoms with Gasteiger partial charge in [0.15, 0.2) is 0 Å². The molecule has 0 aromatic rings. The summed E-state index contributed by atoms with van der Waals surface area (Å²) in [5.41, 5.74) is 0. The van der Waals surface area contributed by atoms with Gasteiger partial charge in [0, 0.05) is 0 Å². The van der Waals surface area contributed by atoms with Crippen molar-refractivity contribution in [2.75, 3.05) is 0 Å². The summed E-state index contributed by atoms with van der Waals surface area (Å²) >= 11 is 0. The molecule has 0 aromatic carbocycles. The molecule has 0 aliphatic rings. The van der Waals surface area contributed by atoms with Crippen LogP contribution < -0.4 is 10.2 Å². The number of rotatable bonds is 2. The van der Waals surface area contributed by atoms with E-state index in [9.17, 15) is 72.5 Å². The second-order valence-electron chi connectivity index (χ2n) is 3.74. The third kappa shape index (κ3) is 13.6. The van der Waals surface area contributed by atoms with Crippen molar-refractivity contribution < 1.29 is 72.5 Å². The second kappa shape index (κ2) is 10.4. The first-order valence-corrected chi connectivity index (χ1v) is 5.24. The molecule has 0 bridgehead atoms. The largest absolute Gasteiger partial charge is 2.00 e. The van der Waals surface area contributed by atoms with E-state index in [1.54, 1.807) is 0 Å². The molecule has 0 amide bonds. The van der Waals surface area contributed by atoms with E-state index in [1.165, 1.54) is 0 Å². The fraction of sp³-hybridized carbons (Fsp3) is 0.400. The molecule has 0 atom stereocenters. The fourth-order valence-electron chi connectivity index (χ4n) is 0.565. The molecule has 27 heavy (non-hydrogen) atoms. The summed E-state index contributed by atoms with van der Waals surface area (Å²) in [6.07, 6.45) is -23.9. The van der Waals surface area contributed by atoms with E-state index in [0.717, 1.165) is 0 Å². The van der Waals surface area contributed by atoms with Crippen LogP contribution in [0.1, 0.15) is 0 Å². The Balaban J connectivity index is -0.000000411. The number of hydrogen-bond donors (Lipinski definition) is 0. The van der Waals surface area contributed by atoms with Crippen molar-refractivity contribution in [1.82, 2.24) is 0 Å². The molecule has 152 valence electrons.